The second-order valence-electron chi connectivity index (χ2n) is 4.77. The third-order valence-electron chi connectivity index (χ3n) is 2.83. The Labute approximate surface area is 129 Å². The summed E-state index contributed by atoms with van der Waals surface area (Å²) in [5.74, 6) is 0. The molecule has 0 fully saturated rings. The van der Waals surface area contributed by atoms with E-state index < -0.39 is 0 Å². The van der Waals surface area contributed by atoms with Crippen LogP contribution < -0.4 is 5.73 Å². The minimum absolute atomic E-state index is 0.748. The summed E-state index contributed by atoms with van der Waals surface area (Å²) in [6, 6.07) is 12.2. The molecule has 0 unspecified atom stereocenters. The molecule has 0 spiro atoms. The van der Waals surface area contributed by atoms with Gasteiger partial charge in [-0.3, -0.25) is 0 Å². The van der Waals surface area contributed by atoms with Crippen LogP contribution in [0, 0.1) is 20.8 Å². The van der Waals surface area contributed by atoms with Gasteiger partial charge in [0.1, 0.15) is 0 Å². The second kappa shape index (κ2) is 6.29. The van der Waals surface area contributed by atoms with Crippen molar-refractivity contribution in [3.8, 4) is 0 Å². The second-order valence-corrected chi connectivity index (χ2v) is 6.48. The molecule has 3 rings (SSSR count). The van der Waals surface area contributed by atoms with Gasteiger partial charge in [0, 0.05) is 10.6 Å². The average Bonchev–Trinajstić information content (AvgIpc) is 2.74. The molecule has 104 valence electrons. The molecule has 0 aliphatic heterocycles. The fraction of sp³-hybridized carbons (Fsp3) is 0.188. The van der Waals surface area contributed by atoms with Crippen molar-refractivity contribution in [3.05, 3.63) is 52.5 Å². The van der Waals surface area contributed by atoms with Gasteiger partial charge in [-0.2, -0.15) is 0 Å². The molecule has 3 aromatic rings. The first kappa shape index (κ1) is 14.9. The molecule has 0 saturated carbocycles. The quantitative estimate of drug-likeness (QED) is 0.463. The zero-order chi connectivity index (χ0) is 14.7. The monoisotopic (exact) mass is 302 g/mol. The number of fused-ring (bicyclic) bond motifs is 1. The van der Waals surface area contributed by atoms with Crippen LogP contribution in [-0.4, -0.2) is 4.98 Å². The number of aryl methyl sites for hydroxylation is 3. The molecular formula is C16H18N2S2. The summed E-state index contributed by atoms with van der Waals surface area (Å²) in [7, 11) is 0. The summed E-state index contributed by atoms with van der Waals surface area (Å²) < 4.78 is 1.29. The molecule has 0 atom stereocenters. The van der Waals surface area contributed by atoms with E-state index >= 15 is 0 Å². The van der Waals surface area contributed by atoms with E-state index in [9.17, 15) is 0 Å². The molecule has 0 aliphatic rings. The predicted octanol–water partition coefficient (Wildman–Crippen LogP) is 4.78. The molecule has 4 heteroatoms. The Kier molecular flexibility index (Phi) is 4.68. The molecule has 2 N–H and O–H groups in total. The van der Waals surface area contributed by atoms with Crippen LogP contribution in [0.25, 0.3) is 10.2 Å². The van der Waals surface area contributed by atoms with E-state index in [1.165, 1.54) is 15.8 Å². The number of hydrogen-bond donors (Lipinski definition) is 2. The van der Waals surface area contributed by atoms with Gasteiger partial charge in [0.25, 0.3) is 0 Å². The number of thiol groups is 1. The van der Waals surface area contributed by atoms with Gasteiger partial charge in [-0.1, -0.05) is 12.1 Å². The summed E-state index contributed by atoms with van der Waals surface area (Å²) in [5, 5.41) is 1.14. The third-order valence-corrected chi connectivity index (χ3v) is 4.19. The van der Waals surface area contributed by atoms with Crippen LogP contribution in [0.2, 0.25) is 0 Å². The molecule has 20 heavy (non-hydrogen) atoms. The van der Waals surface area contributed by atoms with Gasteiger partial charge in [0.05, 0.1) is 15.2 Å². The lowest BCUT2D eigenvalue weighted by molar-refractivity contribution is 1.34. The Morgan fingerprint density at radius 1 is 1.00 bits per heavy atom. The zero-order valence-electron chi connectivity index (χ0n) is 11.8. The van der Waals surface area contributed by atoms with Crippen molar-refractivity contribution >= 4 is 39.9 Å². The average molecular weight is 302 g/mol. The lowest BCUT2D eigenvalue weighted by Gasteiger charge is -1.97. The van der Waals surface area contributed by atoms with Gasteiger partial charge in [0.15, 0.2) is 0 Å². The maximum Gasteiger partial charge on any atom is 0.0907 e. The van der Waals surface area contributed by atoms with Gasteiger partial charge >= 0.3 is 0 Å². The number of thiazole rings is 1. The SMILES string of the molecule is Cc1ccc(S)c(N)c1.Cc1ccc2sc(C)nc2c1. The number of rotatable bonds is 0. The predicted molar refractivity (Wildman–Crippen MR) is 91.9 cm³/mol. The van der Waals surface area contributed by atoms with Crippen LogP contribution >= 0.6 is 24.0 Å². The topological polar surface area (TPSA) is 38.9 Å². The van der Waals surface area contributed by atoms with Crippen LogP contribution in [-0.2, 0) is 0 Å². The van der Waals surface area contributed by atoms with Gasteiger partial charge in [-0.25, -0.2) is 4.98 Å². The van der Waals surface area contributed by atoms with E-state index in [0.29, 0.717) is 0 Å². The minimum Gasteiger partial charge on any atom is -0.398 e. The zero-order valence-corrected chi connectivity index (χ0v) is 13.6. The number of anilines is 1. The standard InChI is InChI=1S/C9H9NS.C7H9NS/c1-6-3-4-9-8(5-6)10-7(2)11-9;1-5-2-3-7(9)6(8)4-5/h3-5H,1-2H3;2-4,9H,8H2,1H3. The number of nitrogen functional groups attached to an aromatic ring is 1. The van der Waals surface area contributed by atoms with Crippen LogP contribution in [0.4, 0.5) is 5.69 Å². The summed E-state index contributed by atoms with van der Waals surface area (Å²) in [5.41, 5.74) is 9.88. The first-order valence-corrected chi connectivity index (χ1v) is 7.61. The number of hydrogen-bond acceptors (Lipinski definition) is 4. The van der Waals surface area contributed by atoms with Crippen LogP contribution in [0.3, 0.4) is 0 Å². The van der Waals surface area contributed by atoms with Crippen molar-refractivity contribution in [2.45, 2.75) is 25.7 Å². The Morgan fingerprint density at radius 3 is 2.30 bits per heavy atom. The maximum atomic E-state index is 5.54. The third kappa shape index (κ3) is 3.74. The Balaban J connectivity index is 0.000000151. The van der Waals surface area contributed by atoms with E-state index in [-0.39, 0.29) is 0 Å². The maximum absolute atomic E-state index is 5.54. The van der Waals surface area contributed by atoms with E-state index in [1.54, 1.807) is 11.3 Å². The van der Waals surface area contributed by atoms with Crippen LogP contribution in [0.5, 0.6) is 0 Å². The highest BCUT2D eigenvalue weighted by molar-refractivity contribution is 7.80. The number of benzene rings is 2. The van der Waals surface area contributed by atoms with Gasteiger partial charge in [0.2, 0.25) is 0 Å². The highest BCUT2D eigenvalue weighted by Crippen LogP contribution is 2.21. The van der Waals surface area contributed by atoms with Crippen molar-refractivity contribution in [1.82, 2.24) is 4.98 Å². The van der Waals surface area contributed by atoms with E-state index in [0.717, 1.165) is 21.1 Å². The van der Waals surface area contributed by atoms with Crippen molar-refractivity contribution in [3.63, 3.8) is 0 Å². The van der Waals surface area contributed by atoms with Gasteiger partial charge < -0.3 is 5.73 Å². The number of aromatic nitrogens is 1. The Hall–Kier alpha value is -1.52. The molecule has 0 radical (unpaired) electrons. The van der Waals surface area contributed by atoms with Crippen LogP contribution in [0.15, 0.2) is 41.3 Å². The smallest absolute Gasteiger partial charge is 0.0907 e. The molecule has 2 nitrogen and oxygen atoms in total. The molecule has 0 amide bonds. The lowest BCUT2D eigenvalue weighted by Crippen LogP contribution is -1.86. The summed E-state index contributed by atoms with van der Waals surface area (Å²) in [6.07, 6.45) is 0. The minimum atomic E-state index is 0.748. The van der Waals surface area contributed by atoms with Crippen molar-refractivity contribution in [1.29, 1.82) is 0 Å². The van der Waals surface area contributed by atoms with Crippen molar-refractivity contribution in [2.75, 3.05) is 5.73 Å². The summed E-state index contributed by atoms with van der Waals surface area (Å²) in [4.78, 5) is 5.24. The van der Waals surface area contributed by atoms with E-state index in [4.69, 9.17) is 5.73 Å². The summed E-state index contributed by atoms with van der Waals surface area (Å²) in [6.45, 7) is 6.14. The van der Waals surface area contributed by atoms with Gasteiger partial charge in [-0.15, -0.1) is 24.0 Å². The number of nitrogens with two attached hydrogens (primary N) is 1. The normalized spacial score (nSPS) is 10.2. The fourth-order valence-corrected chi connectivity index (χ4v) is 2.77. The van der Waals surface area contributed by atoms with E-state index in [1.807, 2.05) is 32.0 Å². The van der Waals surface area contributed by atoms with Crippen molar-refractivity contribution in [2.24, 2.45) is 0 Å². The molecule has 0 aliphatic carbocycles. The van der Waals surface area contributed by atoms with Gasteiger partial charge in [-0.05, 0) is 56.2 Å². The highest BCUT2D eigenvalue weighted by Gasteiger charge is 1.98. The Bertz CT molecular complexity index is 732. The molecule has 2 aromatic carbocycles. The van der Waals surface area contributed by atoms with Crippen LogP contribution in [0.1, 0.15) is 16.1 Å². The van der Waals surface area contributed by atoms with Crippen molar-refractivity contribution < 1.29 is 0 Å². The largest absolute Gasteiger partial charge is 0.398 e. The molecule has 1 aromatic heterocycles. The molecular weight excluding hydrogens is 284 g/mol. The van der Waals surface area contributed by atoms with E-state index in [2.05, 4.69) is 42.7 Å². The molecule has 0 saturated heterocycles. The summed E-state index contributed by atoms with van der Waals surface area (Å²) >= 11 is 5.87. The molecule has 0 bridgehead atoms. The number of nitrogens with zero attached hydrogens (tertiary/aromatic N) is 1. The first-order chi connectivity index (χ1) is 9.45. The molecule has 1 heterocycles. The lowest BCUT2D eigenvalue weighted by atomic mass is 10.2. The fourth-order valence-electron chi connectivity index (χ4n) is 1.83. The Morgan fingerprint density at radius 2 is 1.65 bits per heavy atom. The highest BCUT2D eigenvalue weighted by atomic mass is 32.1. The first-order valence-electron chi connectivity index (χ1n) is 6.34.